The summed E-state index contributed by atoms with van der Waals surface area (Å²) in [5, 5.41) is 0. The van der Waals surface area contributed by atoms with E-state index in [4.69, 9.17) is 10.5 Å². The first-order valence-corrected chi connectivity index (χ1v) is 5.70. The standard InChI is InChI=1S/C13H20N2O2/c1-10-5-4-6-12(9-10)17-8-7-15(3)13(16)11(2)14/h4-6,9,11H,7-8,14H2,1-3H3. The predicted octanol–water partition coefficient (Wildman–Crippen LogP) is 1.18. The second-order valence-electron chi connectivity index (χ2n) is 4.21. The van der Waals surface area contributed by atoms with E-state index in [0.29, 0.717) is 13.2 Å². The summed E-state index contributed by atoms with van der Waals surface area (Å²) in [5.41, 5.74) is 6.66. The smallest absolute Gasteiger partial charge is 0.239 e. The number of nitrogens with two attached hydrogens (primary N) is 1. The van der Waals surface area contributed by atoms with Gasteiger partial charge in [-0.05, 0) is 31.5 Å². The minimum Gasteiger partial charge on any atom is -0.492 e. The third kappa shape index (κ3) is 4.44. The molecule has 0 aromatic heterocycles. The summed E-state index contributed by atoms with van der Waals surface area (Å²) in [6.07, 6.45) is 0. The van der Waals surface area contributed by atoms with Gasteiger partial charge in [-0.1, -0.05) is 12.1 Å². The molecule has 4 heteroatoms. The number of amides is 1. The highest BCUT2D eigenvalue weighted by molar-refractivity contribution is 5.80. The molecule has 1 unspecified atom stereocenters. The summed E-state index contributed by atoms with van der Waals surface area (Å²) >= 11 is 0. The van der Waals surface area contributed by atoms with Gasteiger partial charge in [0.25, 0.3) is 0 Å². The Labute approximate surface area is 102 Å². The minimum absolute atomic E-state index is 0.0714. The first kappa shape index (κ1) is 13.5. The Morgan fingerprint density at radius 1 is 1.53 bits per heavy atom. The Hall–Kier alpha value is -1.55. The molecule has 1 amide bonds. The zero-order chi connectivity index (χ0) is 12.8. The van der Waals surface area contributed by atoms with E-state index in [2.05, 4.69) is 0 Å². The van der Waals surface area contributed by atoms with Gasteiger partial charge in [-0.25, -0.2) is 0 Å². The van der Waals surface area contributed by atoms with Crippen LogP contribution in [0.1, 0.15) is 12.5 Å². The highest BCUT2D eigenvalue weighted by Gasteiger charge is 2.12. The lowest BCUT2D eigenvalue weighted by molar-refractivity contribution is -0.131. The maximum Gasteiger partial charge on any atom is 0.239 e. The molecule has 94 valence electrons. The second-order valence-corrected chi connectivity index (χ2v) is 4.21. The molecule has 0 aliphatic heterocycles. The maximum atomic E-state index is 11.5. The van der Waals surface area contributed by atoms with Crippen LogP contribution in [0.15, 0.2) is 24.3 Å². The Morgan fingerprint density at radius 3 is 2.82 bits per heavy atom. The first-order valence-electron chi connectivity index (χ1n) is 5.70. The molecule has 0 saturated heterocycles. The zero-order valence-electron chi connectivity index (χ0n) is 10.6. The number of hydrogen-bond acceptors (Lipinski definition) is 3. The van der Waals surface area contributed by atoms with Crippen molar-refractivity contribution in [1.29, 1.82) is 0 Å². The molecule has 0 spiro atoms. The van der Waals surface area contributed by atoms with Crippen LogP contribution >= 0.6 is 0 Å². The van der Waals surface area contributed by atoms with Gasteiger partial charge >= 0.3 is 0 Å². The number of aryl methyl sites for hydroxylation is 1. The third-order valence-corrected chi connectivity index (χ3v) is 2.45. The molecule has 0 fully saturated rings. The number of nitrogens with zero attached hydrogens (tertiary/aromatic N) is 1. The molecule has 0 aliphatic rings. The molecular weight excluding hydrogens is 216 g/mol. The largest absolute Gasteiger partial charge is 0.492 e. The maximum absolute atomic E-state index is 11.5. The van der Waals surface area contributed by atoms with E-state index in [1.165, 1.54) is 0 Å². The molecule has 0 aliphatic carbocycles. The number of carbonyl (C=O) groups is 1. The highest BCUT2D eigenvalue weighted by Crippen LogP contribution is 2.11. The van der Waals surface area contributed by atoms with Gasteiger partial charge in [-0.3, -0.25) is 4.79 Å². The van der Waals surface area contributed by atoms with Crippen molar-refractivity contribution >= 4 is 5.91 Å². The number of benzene rings is 1. The van der Waals surface area contributed by atoms with Crippen LogP contribution < -0.4 is 10.5 Å². The lowest BCUT2D eigenvalue weighted by Gasteiger charge is -2.19. The molecule has 0 heterocycles. The van der Waals surface area contributed by atoms with E-state index in [9.17, 15) is 4.79 Å². The van der Waals surface area contributed by atoms with Gasteiger partial charge in [0.15, 0.2) is 0 Å². The third-order valence-electron chi connectivity index (χ3n) is 2.45. The number of hydrogen-bond donors (Lipinski definition) is 1. The van der Waals surface area contributed by atoms with Crippen molar-refractivity contribution in [3.8, 4) is 5.75 Å². The molecular formula is C13H20N2O2. The van der Waals surface area contributed by atoms with Crippen molar-refractivity contribution in [3.63, 3.8) is 0 Å². The summed E-state index contributed by atoms with van der Waals surface area (Å²) in [7, 11) is 1.73. The number of carbonyl (C=O) groups excluding carboxylic acids is 1. The fraction of sp³-hybridized carbons (Fsp3) is 0.462. The molecule has 1 atom stereocenters. The first-order chi connectivity index (χ1) is 8.00. The molecule has 4 nitrogen and oxygen atoms in total. The van der Waals surface area contributed by atoms with Crippen LogP contribution in [0.2, 0.25) is 0 Å². The topological polar surface area (TPSA) is 55.6 Å². The van der Waals surface area contributed by atoms with E-state index in [1.807, 2.05) is 31.2 Å². The Morgan fingerprint density at radius 2 is 2.24 bits per heavy atom. The van der Waals surface area contributed by atoms with Crippen molar-refractivity contribution in [2.24, 2.45) is 5.73 Å². The van der Waals surface area contributed by atoms with Crippen LogP contribution in [0.25, 0.3) is 0 Å². The predicted molar refractivity (Wildman–Crippen MR) is 68.0 cm³/mol. The van der Waals surface area contributed by atoms with Crippen LogP contribution in [-0.2, 0) is 4.79 Å². The number of likely N-dealkylation sites (N-methyl/N-ethyl adjacent to an activating group) is 1. The van der Waals surface area contributed by atoms with Crippen LogP contribution in [0, 0.1) is 6.92 Å². The van der Waals surface area contributed by atoms with Crippen molar-refractivity contribution in [3.05, 3.63) is 29.8 Å². The SMILES string of the molecule is Cc1cccc(OCCN(C)C(=O)C(C)N)c1. The summed E-state index contributed by atoms with van der Waals surface area (Å²) in [4.78, 5) is 13.1. The quantitative estimate of drug-likeness (QED) is 0.835. The Bertz CT molecular complexity index is 377. The van der Waals surface area contributed by atoms with Gasteiger partial charge in [0.2, 0.25) is 5.91 Å². The summed E-state index contributed by atoms with van der Waals surface area (Å²) in [6, 6.07) is 7.37. The fourth-order valence-electron chi connectivity index (χ4n) is 1.46. The number of ether oxygens (including phenoxy) is 1. The fourth-order valence-corrected chi connectivity index (χ4v) is 1.46. The molecule has 1 aromatic carbocycles. The van der Waals surface area contributed by atoms with Gasteiger partial charge in [0.05, 0.1) is 12.6 Å². The Balaban J connectivity index is 2.35. The van der Waals surface area contributed by atoms with Crippen molar-refractivity contribution in [1.82, 2.24) is 4.90 Å². The summed E-state index contributed by atoms with van der Waals surface area (Å²) in [6.45, 7) is 4.70. The Kier molecular flexibility index (Phi) is 4.97. The molecule has 1 rings (SSSR count). The molecule has 0 radical (unpaired) electrons. The zero-order valence-corrected chi connectivity index (χ0v) is 10.6. The summed E-state index contributed by atoms with van der Waals surface area (Å²) < 4.78 is 5.55. The molecule has 0 saturated carbocycles. The molecule has 2 N–H and O–H groups in total. The van der Waals surface area contributed by atoms with E-state index in [1.54, 1.807) is 18.9 Å². The van der Waals surface area contributed by atoms with E-state index in [-0.39, 0.29) is 5.91 Å². The van der Waals surface area contributed by atoms with Crippen LogP contribution in [0.4, 0.5) is 0 Å². The highest BCUT2D eigenvalue weighted by atomic mass is 16.5. The average Bonchev–Trinajstić information content (AvgIpc) is 2.27. The van der Waals surface area contributed by atoms with Gasteiger partial charge in [0.1, 0.15) is 12.4 Å². The minimum atomic E-state index is -0.459. The van der Waals surface area contributed by atoms with Crippen LogP contribution in [0.3, 0.4) is 0 Å². The lowest BCUT2D eigenvalue weighted by atomic mass is 10.2. The van der Waals surface area contributed by atoms with Gasteiger partial charge in [0, 0.05) is 7.05 Å². The van der Waals surface area contributed by atoms with E-state index in [0.717, 1.165) is 11.3 Å². The van der Waals surface area contributed by atoms with Gasteiger partial charge < -0.3 is 15.4 Å². The van der Waals surface area contributed by atoms with Gasteiger partial charge in [-0.15, -0.1) is 0 Å². The van der Waals surface area contributed by atoms with Crippen molar-refractivity contribution < 1.29 is 9.53 Å². The van der Waals surface area contributed by atoms with Crippen molar-refractivity contribution in [2.45, 2.75) is 19.9 Å². The molecule has 1 aromatic rings. The normalized spacial score (nSPS) is 12.0. The summed E-state index contributed by atoms with van der Waals surface area (Å²) in [5.74, 6) is 0.754. The van der Waals surface area contributed by atoms with Crippen LogP contribution in [0.5, 0.6) is 5.75 Å². The number of rotatable bonds is 5. The lowest BCUT2D eigenvalue weighted by Crippen LogP contribution is -2.41. The van der Waals surface area contributed by atoms with E-state index < -0.39 is 6.04 Å². The van der Waals surface area contributed by atoms with E-state index >= 15 is 0 Å². The second kappa shape index (κ2) is 6.25. The van der Waals surface area contributed by atoms with Crippen molar-refractivity contribution in [2.75, 3.05) is 20.2 Å². The molecule has 0 bridgehead atoms. The van der Waals surface area contributed by atoms with Crippen LogP contribution in [-0.4, -0.2) is 37.0 Å². The monoisotopic (exact) mass is 236 g/mol. The molecule has 17 heavy (non-hydrogen) atoms. The average molecular weight is 236 g/mol. The van der Waals surface area contributed by atoms with Gasteiger partial charge in [-0.2, -0.15) is 0 Å².